The van der Waals surface area contributed by atoms with Gasteiger partial charge in [0, 0.05) is 28.7 Å². The number of phosphoric acid groups is 2. The molecule has 202 valence electrons. The summed E-state index contributed by atoms with van der Waals surface area (Å²) in [5.41, 5.74) is 0. The molecule has 1 heterocycles. The first-order chi connectivity index (χ1) is 13.1. The normalized spacial score (nSPS) is 24.0. The van der Waals surface area contributed by atoms with Crippen LogP contribution in [0.3, 0.4) is 0 Å². The highest BCUT2D eigenvalue weighted by molar-refractivity contribution is 8.37. The van der Waals surface area contributed by atoms with Gasteiger partial charge in [0.15, 0.2) is 0 Å². The van der Waals surface area contributed by atoms with Crippen LogP contribution in [0, 0.1) is 0 Å². The van der Waals surface area contributed by atoms with E-state index >= 15 is 0 Å². The SMILES string of the molecule is C.C.C.CCC.CO[C@@H]1C[C@H](C)O[C@@H]1COPPP.CP(=O)([O-])OP(=O)([O-])OP(=O)([O-])[O-]. The Kier molecular flexibility index (Phi) is 29.8. The van der Waals surface area contributed by atoms with E-state index in [1.54, 1.807) is 7.11 Å². The van der Waals surface area contributed by atoms with Crippen molar-refractivity contribution < 1.29 is 55.9 Å². The molecule has 1 fully saturated rings. The number of methoxy groups -OCH3 is 1. The fourth-order valence-corrected chi connectivity index (χ4v) is 6.20. The molecule has 0 bridgehead atoms. The predicted octanol–water partition coefficient (Wildman–Crippen LogP) is 3.00. The summed E-state index contributed by atoms with van der Waals surface area (Å²) < 4.78 is 52.7. The molecule has 12 nitrogen and oxygen atoms in total. The number of hydrogen-bond acceptors (Lipinski definition) is 12. The molecule has 5 unspecified atom stereocenters. The van der Waals surface area contributed by atoms with Crippen LogP contribution in [-0.4, -0.2) is 38.7 Å². The van der Waals surface area contributed by atoms with E-state index in [4.69, 9.17) is 14.0 Å². The third kappa shape index (κ3) is 27.9. The fraction of sp³-hybridized carbons (Fsp3) is 1.00. The maximum absolute atomic E-state index is 10.3. The zero-order valence-electron chi connectivity index (χ0n) is 16.7. The molecule has 1 aliphatic heterocycles. The second-order valence-electron chi connectivity index (χ2n) is 5.59. The molecule has 0 aromatic carbocycles. The Morgan fingerprint density at radius 2 is 1.53 bits per heavy atom. The van der Waals surface area contributed by atoms with Crippen molar-refractivity contribution in [3.05, 3.63) is 0 Å². The molecule has 0 N–H and O–H groups in total. The van der Waals surface area contributed by atoms with Crippen LogP contribution in [0.25, 0.3) is 0 Å². The van der Waals surface area contributed by atoms with Gasteiger partial charge in [0.05, 0.1) is 26.6 Å². The summed E-state index contributed by atoms with van der Waals surface area (Å²) in [6.45, 7) is 7.36. The van der Waals surface area contributed by atoms with Crippen molar-refractivity contribution in [3.8, 4) is 0 Å². The third-order valence-electron chi connectivity index (χ3n) is 2.52. The van der Waals surface area contributed by atoms with Crippen molar-refractivity contribution in [2.45, 2.75) is 74.2 Å². The largest absolute Gasteiger partial charge is 0.790 e. The van der Waals surface area contributed by atoms with Crippen LogP contribution in [-0.2, 0) is 36.3 Å². The van der Waals surface area contributed by atoms with Crippen molar-refractivity contribution in [2.24, 2.45) is 0 Å². The molecule has 8 atom stereocenters. The molecule has 0 aromatic heterocycles. The van der Waals surface area contributed by atoms with E-state index in [9.17, 15) is 33.3 Å². The third-order valence-corrected chi connectivity index (χ3v) is 8.38. The Balaban J connectivity index is -0.000000125. The maximum Gasteiger partial charge on any atom is 0.276 e. The molecule has 0 aliphatic carbocycles. The van der Waals surface area contributed by atoms with Gasteiger partial charge in [-0.1, -0.05) is 50.5 Å². The molecular formula is C14H40O12P6-4. The molecule has 0 aromatic rings. The van der Waals surface area contributed by atoms with Crippen LogP contribution in [0.2, 0.25) is 0 Å². The van der Waals surface area contributed by atoms with Gasteiger partial charge in [0.25, 0.3) is 7.82 Å². The van der Waals surface area contributed by atoms with Gasteiger partial charge in [0.1, 0.15) is 13.7 Å². The lowest BCUT2D eigenvalue weighted by Gasteiger charge is -2.37. The summed E-state index contributed by atoms with van der Waals surface area (Å²) in [5.74, 6) is 0. The van der Waals surface area contributed by atoms with Gasteiger partial charge >= 0.3 is 0 Å². The van der Waals surface area contributed by atoms with Crippen LogP contribution >= 0.6 is 48.6 Å². The standard InChI is InChI=1S/C7H17O3P3.C3H8.CH7O9P3.3CH4/c1-5-3-6(8-2)7(10-5)4-9-12-13-11;1-3-2;1-11(2,3)9-13(7,8)10-12(4,5)6;;;/h5-7,12-13H,3-4,11H2,1-2H3;3H2,1-2H3;1H3,(H,2,3)(H,7,8)(H2,4,5,6);3*1H4/p-4/t5-,6+,7+;;;;;/m0...../s1. The smallest absolute Gasteiger partial charge is 0.276 e. The first-order valence-corrected chi connectivity index (χ1v) is 17.8. The van der Waals surface area contributed by atoms with E-state index in [0.717, 1.165) is 14.4 Å². The molecule has 1 rings (SSSR count). The van der Waals surface area contributed by atoms with Gasteiger partial charge in [-0.05, 0) is 6.92 Å². The minimum absolute atomic E-state index is 0. The van der Waals surface area contributed by atoms with Crippen molar-refractivity contribution >= 4 is 48.6 Å². The van der Waals surface area contributed by atoms with Crippen LogP contribution < -0.4 is 19.6 Å². The van der Waals surface area contributed by atoms with Crippen LogP contribution in [0.1, 0.15) is 55.9 Å². The molecule has 1 aliphatic rings. The lowest BCUT2D eigenvalue weighted by atomic mass is 10.1. The minimum atomic E-state index is -5.83. The summed E-state index contributed by atoms with van der Waals surface area (Å²) >= 11 is 0. The molecule has 0 radical (unpaired) electrons. The molecular weight excluding hydrogens is 546 g/mol. The zero-order chi connectivity index (χ0) is 23.3. The van der Waals surface area contributed by atoms with E-state index in [0.29, 0.717) is 27.9 Å². The maximum atomic E-state index is 10.3. The Hall–Kier alpha value is 1.62. The van der Waals surface area contributed by atoms with E-state index in [1.807, 2.05) is 0 Å². The summed E-state index contributed by atoms with van der Waals surface area (Å²) in [5, 5.41) is 0. The number of hydrogen-bond donors (Lipinski definition) is 0. The van der Waals surface area contributed by atoms with Gasteiger partial charge in [-0.25, -0.2) is 0 Å². The first-order valence-electron chi connectivity index (χ1n) is 8.15. The zero-order valence-corrected chi connectivity index (χ0v) is 22.5. The topological polar surface area (TPSA) is 190 Å². The average molecular weight is 586 g/mol. The van der Waals surface area contributed by atoms with Gasteiger partial charge in [-0.2, -0.15) is 0 Å². The Bertz CT molecular complexity index is 540. The molecule has 0 saturated carbocycles. The highest BCUT2D eigenvalue weighted by Crippen LogP contribution is 2.58. The lowest BCUT2D eigenvalue weighted by molar-refractivity contribution is -0.339. The molecule has 32 heavy (non-hydrogen) atoms. The Morgan fingerprint density at radius 1 is 1.06 bits per heavy atom. The summed E-state index contributed by atoms with van der Waals surface area (Å²) in [6.07, 6.45) is 2.89. The van der Waals surface area contributed by atoms with Crippen molar-refractivity contribution in [2.75, 3.05) is 20.4 Å². The number of rotatable bonds is 9. The van der Waals surface area contributed by atoms with Gasteiger partial charge in [0.2, 0.25) is 0 Å². The number of ether oxygens (including phenoxy) is 2. The second-order valence-corrected chi connectivity index (χ2v) is 15.1. The van der Waals surface area contributed by atoms with Gasteiger partial charge in [-0.15, -0.1) is 8.93 Å². The van der Waals surface area contributed by atoms with Crippen LogP contribution in [0.4, 0.5) is 0 Å². The summed E-state index contributed by atoms with van der Waals surface area (Å²) in [4.78, 5) is 40.0. The van der Waals surface area contributed by atoms with Crippen LogP contribution in [0.5, 0.6) is 0 Å². The molecule has 0 amide bonds. The fourth-order valence-electron chi connectivity index (χ4n) is 1.80. The lowest BCUT2D eigenvalue weighted by Crippen LogP contribution is -2.27. The predicted molar refractivity (Wildman–Crippen MR) is 129 cm³/mol. The van der Waals surface area contributed by atoms with Gasteiger partial charge < -0.3 is 42.7 Å². The van der Waals surface area contributed by atoms with Crippen LogP contribution in [0.15, 0.2) is 0 Å². The van der Waals surface area contributed by atoms with E-state index < -0.39 is 23.2 Å². The highest BCUT2D eigenvalue weighted by Gasteiger charge is 2.32. The quantitative estimate of drug-likeness (QED) is 0.284. The van der Waals surface area contributed by atoms with Gasteiger partial charge in [-0.3, -0.25) is 13.2 Å². The first kappa shape index (κ1) is 43.7. The van der Waals surface area contributed by atoms with E-state index in [-0.39, 0.29) is 34.5 Å². The monoisotopic (exact) mass is 586 g/mol. The van der Waals surface area contributed by atoms with E-state index in [1.165, 1.54) is 6.42 Å². The van der Waals surface area contributed by atoms with Crippen molar-refractivity contribution in [1.29, 1.82) is 0 Å². The Labute approximate surface area is 199 Å². The average Bonchev–Trinajstić information content (AvgIpc) is 2.84. The van der Waals surface area contributed by atoms with E-state index in [2.05, 4.69) is 38.3 Å². The summed E-state index contributed by atoms with van der Waals surface area (Å²) in [6, 6.07) is 0. The van der Waals surface area contributed by atoms with Crippen molar-refractivity contribution in [1.82, 2.24) is 0 Å². The highest BCUT2D eigenvalue weighted by atomic mass is 32.4. The molecule has 0 spiro atoms. The molecule has 18 heteroatoms. The summed E-state index contributed by atoms with van der Waals surface area (Å²) in [7, 11) is -10.4. The van der Waals surface area contributed by atoms with Crippen molar-refractivity contribution in [3.63, 3.8) is 0 Å². The molecule has 1 saturated heterocycles. The Morgan fingerprint density at radius 3 is 1.88 bits per heavy atom. The minimum Gasteiger partial charge on any atom is -0.790 e. The second kappa shape index (κ2) is 21.9.